The molecule has 1 amide bonds. The Balaban J connectivity index is 0.00000484. The summed E-state index contributed by atoms with van der Waals surface area (Å²) in [4.78, 5) is 17.8. The van der Waals surface area contributed by atoms with Gasteiger partial charge in [-0.25, -0.2) is 0 Å². The van der Waals surface area contributed by atoms with Gasteiger partial charge in [-0.05, 0) is 17.7 Å². The van der Waals surface area contributed by atoms with Gasteiger partial charge in [0.2, 0.25) is 5.91 Å². The van der Waals surface area contributed by atoms with Gasteiger partial charge in [0.1, 0.15) is 0 Å². The molecule has 1 aromatic carbocycles. The lowest BCUT2D eigenvalue weighted by atomic mass is 10.2. The van der Waals surface area contributed by atoms with Crippen molar-refractivity contribution in [3.63, 3.8) is 0 Å². The van der Waals surface area contributed by atoms with Crippen molar-refractivity contribution in [1.82, 2.24) is 15.5 Å². The molecular formula is C15H24BrIN4O2. The molecule has 0 aliphatic heterocycles. The predicted octanol–water partition coefficient (Wildman–Crippen LogP) is 1.84. The van der Waals surface area contributed by atoms with Gasteiger partial charge in [0, 0.05) is 38.8 Å². The molecule has 0 spiro atoms. The minimum Gasteiger partial charge on any atom is -0.383 e. The van der Waals surface area contributed by atoms with Crippen LogP contribution in [-0.4, -0.2) is 57.7 Å². The van der Waals surface area contributed by atoms with E-state index >= 15 is 0 Å². The maximum atomic E-state index is 11.6. The van der Waals surface area contributed by atoms with Gasteiger partial charge in [-0.2, -0.15) is 0 Å². The third kappa shape index (κ3) is 9.11. The predicted molar refractivity (Wildman–Crippen MR) is 107 cm³/mol. The van der Waals surface area contributed by atoms with Crippen LogP contribution in [0.3, 0.4) is 0 Å². The van der Waals surface area contributed by atoms with Crippen molar-refractivity contribution in [3.8, 4) is 0 Å². The third-order valence-corrected chi connectivity index (χ3v) is 3.47. The number of rotatable bonds is 7. The summed E-state index contributed by atoms with van der Waals surface area (Å²) in [6, 6.07) is 8.10. The number of hydrogen-bond acceptors (Lipinski definition) is 3. The Labute approximate surface area is 163 Å². The van der Waals surface area contributed by atoms with E-state index in [1.165, 1.54) is 0 Å². The van der Waals surface area contributed by atoms with E-state index < -0.39 is 0 Å². The number of amides is 1. The number of aliphatic imine (C=N–C) groups is 1. The van der Waals surface area contributed by atoms with Gasteiger partial charge < -0.3 is 20.3 Å². The van der Waals surface area contributed by atoms with E-state index in [0.717, 1.165) is 10.0 Å². The molecule has 1 aromatic rings. The van der Waals surface area contributed by atoms with E-state index in [9.17, 15) is 4.79 Å². The highest BCUT2D eigenvalue weighted by Gasteiger charge is 2.08. The van der Waals surface area contributed by atoms with Crippen LogP contribution in [0.1, 0.15) is 5.56 Å². The molecule has 130 valence electrons. The smallest absolute Gasteiger partial charge is 0.239 e. The maximum absolute atomic E-state index is 11.6. The SMILES string of the molecule is CN=C(NCC(=O)NCCOC)N(C)Cc1ccc(Br)cc1.I. The minimum absolute atomic E-state index is 0. The Morgan fingerprint density at radius 3 is 2.52 bits per heavy atom. The average molecular weight is 499 g/mol. The normalized spacial score (nSPS) is 10.7. The van der Waals surface area contributed by atoms with Crippen molar-refractivity contribution < 1.29 is 9.53 Å². The standard InChI is InChI=1S/C15H23BrN4O2.HI/c1-17-15(19-10-14(21)18-8-9-22-3)20(2)11-12-4-6-13(16)7-5-12;/h4-7H,8-11H2,1-3H3,(H,17,19)(H,18,21);1H. The number of hydrogen-bond donors (Lipinski definition) is 2. The zero-order chi connectivity index (χ0) is 16.4. The van der Waals surface area contributed by atoms with E-state index in [2.05, 4.69) is 31.6 Å². The Bertz CT molecular complexity index is 497. The molecule has 0 fully saturated rings. The number of carbonyl (C=O) groups excluding carboxylic acids is 1. The highest BCUT2D eigenvalue weighted by Crippen LogP contribution is 2.11. The molecule has 8 heteroatoms. The number of nitrogens with zero attached hydrogens (tertiary/aromatic N) is 2. The fourth-order valence-corrected chi connectivity index (χ4v) is 2.10. The first kappa shape index (κ1) is 22.1. The van der Waals surface area contributed by atoms with Crippen molar-refractivity contribution in [2.24, 2.45) is 4.99 Å². The first-order chi connectivity index (χ1) is 10.6. The molecule has 0 heterocycles. The molecule has 6 nitrogen and oxygen atoms in total. The summed E-state index contributed by atoms with van der Waals surface area (Å²) in [5, 5.41) is 5.79. The minimum atomic E-state index is -0.0877. The summed E-state index contributed by atoms with van der Waals surface area (Å²) in [5.74, 6) is 0.583. The van der Waals surface area contributed by atoms with Crippen LogP contribution >= 0.6 is 39.9 Å². The fraction of sp³-hybridized carbons (Fsp3) is 0.467. The summed E-state index contributed by atoms with van der Waals surface area (Å²) in [6.45, 7) is 1.90. The van der Waals surface area contributed by atoms with E-state index in [1.54, 1.807) is 14.2 Å². The molecular weight excluding hydrogens is 475 g/mol. The molecule has 0 radical (unpaired) electrons. The lowest BCUT2D eigenvalue weighted by molar-refractivity contribution is -0.120. The Kier molecular flexibility index (Phi) is 12.1. The van der Waals surface area contributed by atoms with Crippen LogP contribution in [0, 0.1) is 0 Å². The molecule has 1 rings (SSSR count). The van der Waals surface area contributed by atoms with Gasteiger partial charge in [-0.15, -0.1) is 24.0 Å². The van der Waals surface area contributed by atoms with Crippen molar-refractivity contribution in [2.45, 2.75) is 6.54 Å². The Morgan fingerprint density at radius 2 is 1.96 bits per heavy atom. The number of halogens is 2. The van der Waals surface area contributed by atoms with E-state index in [1.807, 2.05) is 36.2 Å². The largest absolute Gasteiger partial charge is 0.383 e. The number of carbonyl (C=O) groups is 1. The van der Waals surface area contributed by atoms with Crippen LogP contribution < -0.4 is 10.6 Å². The second-order valence-electron chi connectivity index (χ2n) is 4.73. The zero-order valence-electron chi connectivity index (χ0n) is 13.6. The summed E-state index contributed by atoms with van der Waals surface area (Å²) in [6.07, 6.45) is 0. The Morgan fingerprint density at radius 1 is 1.30 bits per heavy atom. The number of guanidine groups is 1. The quantitative estimate of drug-likeness (QED) is 0.260. The van der Waals surface area contributed by atoms with Gasteiger partial charge >= 0.3 is 0 Å². The van der Waals surface area contributed by atoms with Crippen LogP contribution in [0.25, 0.3) is 0 Å². The molecule has 0 aliphatic carbocycles. The van der Waals surface area contributed by atoms with E-state index in [4.69, 9.17) is 4.74 Å². The van der Waals surface area contributed by atoms with Crippen LogP contribution in [-0.2, 0) is 16.1 Å². The molecule has 0 atom stereocenters. The van der Waals surface area contributed by atoms with Gasteiger partial charge in [-0.3, -0.25) is 9.79 Å². The summed E-state index contributed by atoms with van der Waals surface area (Å²) < 4.78 is 5.93. The van der Waals surface area contributed by atoms with Crippen molar-refractivity contribution in [3.05, 3.63) is 34.3 Å². The van der Waals surface area contributed by atoms with Crippen LogP contribution in [0.15, 0.2) is 33.7 Å². The van der Waals surface area contributed by atoms with Gasteiger partial charge in [0.15, 0.2) is 5.96 Å². The van der Waals surface area contributed by atoms with Crippen LogP contribution in [0.5, 0.6) is 0 Å². The molecule has 0 unspecified atom stereocenters. The second-order valence-corrected chi connectivity index (χ2v) is 5.64. The molecule has 0 aromatic heterocycles. The number of benzene rings is 1. The second kappa shape index (κ2) is 12.5. The number of nitrogens with one attached hydrogen (secondary N) is 2. The first-order valence-corrected chi connectivity index (χ1v) is 7.78. The van der Waals surface area contributed by atoms with E-state index in [0.29, 0.717) is 25.7 Å². The number of ether oxygens (including phenoxy) is 1. The highest BCUT2D eigenvalue weighted by atomic mass is 127. The van der Waals surface area contributed by atoms with Gasteiger partial charge in [0.25, 0.3) is 0 Å². The van der Waals surface area contributed by atoms with Crippen molar-refractivity contribution in [2.75, 3.05) is 40.9 Å². The summed E-state index contributed by atoms with van der Waals surface area (Å²) in [7, 11) is 5.23. The lowest BCUT2D eigenvalue weighted by Gasteiger charge is -2.22. The summed E-state index contributed by atoms with van der Waals surface area (Å²) >= 11 is 3.42. The van der Waals surface area contributed by atoms with Gasteiger partial charge in [0.05, 0.1) is 13.2 Å². The highest BCUT2D eigenvalue weighted by molar-refractivity contribution is 14.0. The molecule has 0 aliphatic rings. The summed E-state index contributed by atoms with van der Waals surface area (Å²) in [5.41, 5.74) is 1.16. The van der Waals surface area contributed by atoms with Gasteiger partial charge in [-0.1, -0.05) is 28.1 Å². The zero-order valence-corrected chi connectivity index (χ0v) is 17.6. The molecule has 0 bridgehead atoms. The molecule has 0 saturated heterocycles. The fourth-order valence-electron chi connectivity index (χ4n) is 1.84. The third-order valence-electron chi connectivity index (χ3n) is 2.94. The van der Waals surface area contributed by atoms with E-state index in [-0.39, 0.29) is 36.4 Å². The van der Waals surface area contributed by atoms with Crippen LogP contribution in [0.2, 0.25) is 0 Å². The molecule has 2 N–H and O–H groups in total. The van der Waals surface area contributed by atoms with Crippen molar-refractivity contribution in [1.29, 1.82) is 0 Å². The van der Waals surface area contributed by atoms with Crippen molar-refractivity contribution >= 4 is 51.8 Å². The monoisotopic (exact) mass is 498 g/mol. The molecule has 23 heavy (non-hydrogen) atoms. The molecule has 0 saturated carbocycles. The topological polar surface area (TPSA) is 66.0 Å². The average Bonchev–Trinajstić information content (AvgIpc) is 2.50. The maximum Gasteiger partial charge on any atom is 0.239 e. The lowest BCUT2D eigenvalue weighted by Crippen LogP contribution is -2.44. The Hall–Kier alpha value is -0.870. The number of methoxy groups -OCH3 is 1. The van der Waals surface area contributed by atoms with Crippen LogP contribution in [0.4, 0.5) is 0 Å². The first-order valence-electron chi connectivity index (χ1n) is 6.98.